The molecular weight excluding hydrogens is 731 g/mol. The molecule has 9 aromatic rings. The maximum Gasteiger partial charge on any atom is 0.149 e. The number of imidazole rings is 1. The third kappa shape index (κ3) is 7.20. The number of phenolic OH excluding ortho intramolecular Hbond substituents is 1. The maximum atomic E-state index is 11.8. The third-order valence-electron chi connectivity index (χ3n) is 12.2. The van der Waals surface area contributed by atoms with E-state index in [0.29, 0.717) is 11.4 Å². The zero-order valence-corrected chi connectivity index (χ0v) is 35.2. The fraction of sp³-hybridized carbons (Fsp3) is 0.143. The van der Waals surface area contributed by atoms with E-state index in [2.05, 4.69) is 197 Å². The van der Waals surface area contributed by atoms with Gasteiger partial charge in [-0.15, -0.1) is 0 Å². The number of aromatic nitrogens is 3. The molecule has 0 bridgehead atoms. The molecule has 0 unspecified atom stereocenters. The van der Waals surface area contributed by atoms with E-state index in [9.17, 15) is 5.11 Å². The molecule has 0 atom stereocenters. The van der Waals surface area contributed by atoms with Crippen molar-refractivity contribution in [2.24, 2.45) is 0 Å². The van der Waals surface area contributed by atoms with Gasteiger partial charge in [-0.1, -0.05) is 136 Å². The highest BCUT2D eigenvalue weighted by atomic mass is 16.3. The van der Waals surface area contributed by atoms with Crippen molar-refractivity contribution < 1.29 is 5.11 Å². The van der Waals surface area contributed by atoms with Crippen LogP contribution in [-0.2, 0) is 5.41 Å². The van der Waals surface area contributed by atoms with Gasteiger partial charge in [-0.25, -0.2) is 4.98 Å². The predicted molar refractivity (Wildman–Crippen MR) is 251 cm³/mol. The number of aromatic hydroxyl groups is 1. The zero-order valence-electron chi connectivity index (χ0n) is 35.2. The summed E-state index contributed by atoms with van der Waals surface area (Å²) in [6, 6.07) is 58.2. The summed E-state index contributed by atoms with van der Waals surface area (Å²) < 4.78 is 2.26. The van der Waals surface area contributed by atoms with E-state index < -0.39 is 0 Å². The van der Waals surface area contributed by atoms with E-state index in [-0.39, 0.29) is 11.2 Å². The second-order valence-electron chi connectivity index (χ2n) is 16.7. The van der Waals surface area contributed by atoms with Crippen molar-refractivity contribution in [2.75, 3.05) is 0 Å². The van der Waals surface area contributed by atoms with Crippen LogP contribution in [0.15, 0.2) is 170 Å². The van der Waals surface area contributed by atoms with Gasteiger partial charge in [0.05, 0.1) is 28.0 Å². The van der Waals surface area contributed by atoms with Gasteiger partial charge in [0.15, 0.2) is 0 Å². The number of aryl methyl sites for hydroxylation is 3. The minimum atomic E-state index is -0.0169. The molecule has 294 valence electrons. The van der Waals surface area contributed by atoms with E-state index in [0.717, 1.165) is 90.0 Å². The SMILES string of the molecule is CCC(C)(C)c1ccc(-n2c(-c3cc(C)cc(C)c3O)nc3c(-c4cc(-c5ccccc5)cc(-c5cc(-c6ccc(C)cc6)ccn5)c4)cccc32)c(-c2ccccc2)c1. The molecule has 0 amide bonds. The number of para-hydroxylation sites is 1. The lowest BCUT2D eigenvalue weighted by Gasteiger charge is -2.26. The van der Waals surface area contributed by atoms with E-state index in [1.807, 2.05) is 19.2 Å². The highest BCUT2D eigenvalue weighted by Gasteiger charge is 2.25. The Morgan fingerprint density at radius 3 is 1.95 bits per heavy atom. The molecule has 7 aromatic carbocycles. The normalized spacial score (nSPS) is 11.6. The molecule has 0 radical (unpaired) electrons. The first-order chi connectivity index (χ1) is 29.1. The lowest BCUT2D eigenvalue weighted by atomic mass is 9.81. The summed E-state index contributed by atoms with van der Waals surface area (Å²) in [5.74, 6) is 0.921. The lowest BCUT2D eigenvalue weighted by molar-refractivity contribution is 0.472. The summed E-state index contributed by atoms with van der Waals surface area (Å²) in [5, 5.41) is 11.8. The molecule has 60 heavy (non-hydrogen) atoms. The summed E-state index contributed by atoms with van der Waals surface area (Å²) in [6.07, 6.45) is 2.91. The molecule has 0 spiro atoms. The summed E-state index contributed by atoms with van der Waals surface area (Å²) >= 11 is 0. The van der Waals surface area contributed by atoms with E-state index in [4.69, 9.17) is 9.97 Å². The standard InChI is InChI=1S/C56H49N3O/c1-7-56(5,6)46-25-26-51(48(35-46)41-17-12-9-13-18-41)59-52-20-14-19-47(53(52)58-55(59)49-30-37(3)29-38(4)54(49)60)44-31-43(39-15-10-8-11-16-39)32-45(33-44)50-34-42(27-28-57-50)40-23-21-36(2)22-24-40/h8-35,60H,7H2,1-6H3. The lowest BCUT2D eigenvalue weighted by Crippen LogP contribution is -2.16. The van der Waals surface area contributed by atoms with Gasteiger partial charge >= 0.3 is 0 Å². The Balaban J connectivity index is 1.32. The molecule has 9 rings (SSSR count). The van der Waals surface area contributed by atoms with Crippen LogP contribution in [0.4, 0.5) is 0 Å². The zero-order chi connectivity index (χ0) is 41.5. The van der Waals surface area contributed by atoms with Crippen LogP contribution in [0.1, 0.15) is 49.4 Å². The number of hydrogen-bond acceptors (Lipinski definition) is 3. The fourth-order valence-electron chi connectivity index (χ4n) is 8.33. The van der Waals surface area contributed by atoms with Crippen molar-refractivity contribution in [1.29, 1.82) is 0 Å². The second kappa shape index (κ2) is 15.6. The first-order valence-corrected chi connectivity index (χ1v) is 20.8. The van der Waals surface area contributed by atoms with Crippen LogP contribution in [0.3, 0.4) is 0 Å². The molecule has 0 aliphatic carbocycles. The van der Waals surface area contributed by atoms with Gasteiger partial charge in [0.2, 0.25) is 0 Å². The van der Waals surface area contributed by atoms with Gasteiger partial charge in [-0.2, -0.15) is 0 Å². The predicted octanol–water partition coefficient (Wildman–Crippen LogP) is 14.7. The number of hydrogen-bond donors (Lipinski definition) is 1. The molecule has 2 heterocycles. The van der Waals surface area contributed by atoms with Crippen molar-refractivity contribution in [3.8, 4) is 78.6 Å². The summed E-state index contributed by atoms with van der Waals surface area (Å²) in [4.78, 5) is 10.5. The van der Waals surface area contributed by atoms with Crippen molar-refractivity contribution >= 4 is 11.0 Å². The number of benzene rings is 7. The first-order valence-electron chi connectivity index (χ1n) is 20.8. The molecule has 0 saturated carbocycles. The Hall–Kier alpha value is -7.04. The average Bonchev–Trinajstić information content (AvgIpc) is 3.67. The number of nitrogens with zero attached hydrogens (tertiary/aromatic N) is 3. The minimum Gasteiger partial charge on any atom is -0.507 e. The number of pyridine rings is 1. The van der Waals surface area contributed by atoms with Gasteiger partial charge in [0.1, 0.15) is 11.6 Å². The van der Waals surface area contributed by atoms with E-state index in [1.165, 1.54) is 11.1 Å². The summed E-state index contributed by atoms with van der Waals surface area (Å²) in [7, 11) is 0. The van der Waals surface area contributed by atoms with Crippen LogP contribution < -0.4 is 0 Å². The van der Waals surface area contributed by atoms with Gasteiger partial charge in [-0.05, 0) is 137 Å². The topological polar surface area (TPSA) is 50.9 Å². The van der Waals surface area contributed by atoms with Crippen molar-refractivity contribution in [2.45, 2.75) is 53.4 Å². The summed E-state index contributed by atoms with van der Waals surface area (Å²) in [6.45, 7) is 13.0. The third-order valence-corrected chi connectivity index (χ3v) is 12.2. The Kier molecular flexibility index (Phi) is 10.0. The van der Waals surface area contributed by atoms with Gasteiger partial charge in [-0.3, -0.25) is 9.55 Å². The molecule has 0 fully saturated rings. The Labute approximate surface area is 353 Å². The quantitative estimate of drug-likeness (QED) is 0.159. The van der Waals surface area contributed by atoms with E-state index in [1.54, 1.807) is 0 Å². The van der Waals surface area contributed by atoms with Crippen LogP contribution in [0.25, 0.3) is 83.9 Å². The molecule has 2 aromatic heterocycles. The maximum absolute atomic E-state index is 11.8. The second-order valence-corrected chi connectivity index (χ2v) is 16.7. The van der Waals surface area contributed by atoms with Crippen molar-refractivity contribution in [1.82, 2.24) is 14.5 Å². The smallest absolute Gasteiger partial charge is 0.149 e. The molecule has 0 aliphatic heterocycles. The molecular formula is C56H49N3O. The largest absolute Gasteiger partial charge is 0.507 e. The number of rotatable bonds is 9. The monoisotopic (exact) mass is 779 g/mol. The minimum absolute atomic E-state index is 0.0169. The Bertz CT molecular complexity index is 3010. The molecule has 4 heteroatoms. The van der Waals surface area contributed by atoms with Crippen LogP contribution in [0, 0.1) is 20.8 Å². The van der Waals surface area contributed by atoms with Crippen LogP contribution in [0.2, 0.25) is 0 Å². The highest BCUT2D eigenvalue weighted by Crippen LogP contribution is 2.43. The molecule has 0 saturated heterocycles. The molecule has 1 N–H and O–H groups in total. The Morgan fingerprint density at radius 1 is 0.533 bits per heavy atom. The van der Waals surface area contributed by atoms with Crippen LogP contribution >= 0.6 is 0 Å². The van der Waals surface area contributed by atoms with Crippen molar-refractivity contribution in [3.63, 3.8) is 0 Å². The molecule has 4 nitrogen and oxygen atoms in total. The molecule has 0 aliphatic rings. The first kappa shape index (κ1) is 38.5. The number of fused-ring (bicyclic) bond motifs is 1. The average molecular weight is 780 g/mol. The van der Waals surface area contributed by atoms with Crippen LogP contribution in [0.5, 0.6) is 5.75 Å². The highest BCUT2D eigenvalue weighted by molar-refractivity contribution is 5.98. The van der Waals surface area contributed by atoms with E-state index >= 15 is 0 Å². The summed E-state index contributed by atoms with van der Waals surface area (Å²) in [5.41, 5.74) is 18.5. The van der Waals surface area contributed by atoms with Crippen LogP contribution in [-0.4, -0.2) is 19.6 Å². The van der Waals surface area contributed by atoms with Gasteiger partial charge in [0.25, 0.3) is 0 Å². The van der Waals surface area contributed by atoms with Crippen molar-refractivity contribution in [3.05, 3.63) is 192 Å². The van der Waals surface area contributed by atoms with Gasteiger partial charge in [0, 0.05) is 22.9 Å². The fourth-order valence-corrected chi connectivity index (χ4v) is 8.33. The Morgan fingerprint density at radius 2 is 1.22 bits per heavy atom. The number of phenols is 1. The van der Waals surface area contributed by atoms with Gasteiger partial charge < -0.3 is 5.11 Å².